The Hall–Kier alpha value is -3.22. The number of aliphatic imine (C=N–C) groups is 1. The van der Waals surface area contributed by atoms with Crippen LogP contribution in [0.1, 0.15) is 41.2 Å². The molecule has 0 spiro atoms. The number of hydrogen-bond donors (Lipinski definition) is 3. The van der Waals surface area contributed by atoms with Gasteiger partial charge in [0.15, 0.2) is 0 Å². The summed E-state index contributed by atoms with van der Waals surface area (Å²) in [6.45, 7) is 14.8. The van der Waals surface area contributed by atoms with E-state index in [1.807, 2.05) is 13.0 Å². The van der Waals surface area contributed by atoms with Crippen LogP contribution >= 0.6 is 0 Å². The Labute approximate surface area is 209 Å². The number of hydrogen-bond acceptors (Lipinski definition) is 5. The molecule has 0 amide bonds. The molecule has 0 fully saturated rings. The Balaban J connectivity index is 1.70. The van der Waals surface area contributed by atoms with Gasteiger partial charge in [0.05, 0.1) is 5.69 Å². The third-order valence-corrected chi connectivity index (χ3v) is 6.70. The lowest BCUT2D eigenvalue weighted by Crippen LogP contribution is -2.33. The molecule has 35 heavy (non-hydrogen) atoms. The number of anilines is 1. The Kier molecular flexibility index (Phi) is 9.40. The topological polar surface area (TPSA) is 79.7 Å². The SMILES string of the molecule is C=CNc1cc(N=CC(=CN)CN(CCN)CCc2ccc3c(c2C)CCC3=C)cc(F)c1CC. The number of allylic oxidation sites excluding steroid dienone is 1. The minimum atomic E-state index is -0.289. The average Bonchev–Trinajstić information content (AvgIpc) is 3.22. The van der Waals surface area contributed by atoms with Crippen molar-refractivity contribution in [1.82, 2.24) is 4.90 Å². The summed E-state index contributed by atoms with van der Waals surface area (Å²) in [4.78, 5) is 6.77. The zero-order valence-corrected chi connectivity index (χ0v) is 21.0. The van der Waals surface area contributed by atoms with E-state index in [2.05, 4.69) is 47.4 Å². The monoisotopic (exact) mass is 475 g/mol. The molecule has 3 rings (SSSR count). The molecule has 0 saturated heterocycles. The van der Waals surface area contributed by atoms with Crippen molar-refractivity contribution < 1.29 is 4.39 Å². The van der Waals surface area contributed by atoms with Crippen LogP contribution in [0.3, 0.4) is 0 Å². The van der Waals surface area contributed by atoms with E-state index in [4.69, 9.17) is 11.5 Å². The number of nitrogens with two attached hydrogens (primary N) is 2. The van der Waals surface area contributed by atoms with Gasteiger partial charge < -0.3 is 16.8 Å². The summed E-state index contributed by atoms with van der Waals surface area (Å²) in [5.41, 5.74) is 21.2. The smallest absolute Gasteiger partial charge is 0.130 e. The normalized spacial score (nSPS) is 13.6. The van der Waals surface area contributed by atoms with Gasteiger partial charge in [0.1, 0.15) is 5.82 Å². The predicted octanol–water partition coefficient (Wildman–Crippen LogP) is 5.26. The van der Waals surface area contributed by atoms with Gasteiger partial charge in [0.25, 0.3) is 0 Å². The molecule has 0 atom stereocenters. The number of benzene rings is 2. The number of fused-ring (bicyclic) bond motifs is 1. The van der Waals surface area contributed by atoms with Crippen molar-refractivity contribution in [2.75, 3.05) is 31.5 Å². The van der Waals surface area contributed by atoms with Crippen LogP contribution in [0.2, 0.25) is 0 Å². The lowest BCUT2D eigenvalue weighted by molar-refractivity contribution is 0.311. The van der Waals surface area contributed by atoms with Gasteiger partial charge in [0, 0.05) is 43.6 Å². The first kappa shape index (κ1) is 26.4. The summed E-state index contributed by atoms with van der Waals surface area (Å²) in [7, 11) is 0. The van der Waals surface area contributed by atoms with Gasteiger partial charge in [-0.2, -0.15) is 0 Å². The minimum Gasteiger partial charge on any atom is -0.404 e. The molecule has 6 heteroatoms. The second-order valence-corrected chi connectivity index (χ2v) is 8.95. The van der Waals surface area contributed by atoms with Crippen LogP contribution in [0, 0.1) is 12.7 Å². The molecule has 2 aromatic rings. The maximum atomic E-state index is 14.5. The lowest BCUT2D eigenvalue weighted by Gasteiger charge is -2.23. The molecule has 0 unspecified atom stereocenters. The molecular weight excluding hydrogens is 437 g/mol. The highest BCUT2D eigenvalue weighted by molar-refractivity contribution is 5.82. The van der Waals surface area contributed by atoms with Gasteiger partial charge in [-0.1, -0.05) is 32.2 Å². The summed E-state index contributed by atoms with van der Waals surface area (Å²) >= 11 is 0. The van der Waals surface area contributed by atoms with E-state index in [-0.39, 0.29) is 5.82 Å². The fourth-order valence-electron chi connectivity index (χ4n) is 4.72. The Morgan fingerprint density at radius 1 is 1.26 bits per heavy atom. The minimum absolute atomic E-state index is 0.289. The first-order valence-electron chi connectivity index (χ1n) is 12.3. The van der Waals surface area contributed by atoms with Crippen molar-refractivity contribution in [2.45, 2.75) is 39.5 Å². The van der Waals surface area contributed by atoms with Crippen molar-refractivity contribution in [3.05, 3.63) is 89.0 Å². The number of rotatable bonds is 12. The number of halogens is 1. The molecule has 5 nitrogen and oxygen atoms in total. The zero-order valence-electron chi connectivity index (χ0n) is 21.0. The summed E-state index contributed by atoms with van der Waals surface area (Å²) in [5.74, 6) is -0.289. The summed E-state index contributed by atoms with van der Waals surface area (Å²) < 4.78 is 14.5. The second-order valence-electron chi connectivity index (χ2n) is 8.95. The first-order valence-corrected chi connectivity index (χ1v) is 12.3. The Bertz CT molecular complexity index is 1130. The third kappa shape index (κ3) is 6.47. The highest BCUT2D eigenvalue weighted by atomic mass is 19.1. The van der Waals surface area contributed by atoms with Gasteiger partial charge in [-0.15, -0.1) is 0 Å². The van der Waals surface area contributed by atoms with Crippen LogP contribution in [-0.2, 0) is 19.3 Å². The average molecular weight is 476 g/mol. The zero-order chi connectivity index (χ0) is 25.4. The molecule has 0 aromatic heterocycles. The van der Waals surface area contributed by atoms with E-state index in [1.165, 1.54) is 40.1 Å². The molecule has 1 aliphatic rings. The predicted molar refractivity (Wildman–Crippen MR) is 148 cm³/mol. The van der Waals surface area contributed by atoms with E-state index >= 15 is 0 Å². The van der Waals surface area contributed by atoms with Gasteiger partial charge in [-0.05, 0) is 90.5 Å². The molecule has 5 N–H and O–H groups in total. The van der Waals surface area contributed by atoms with Crippen LogP contribution < -0.4 is 16.8 Å². The van der Waals surface area contributed by atoms with E-state index in [9.17, 15) is 4.39 Å². The highest BCUT2D eigenvalue weighted by Gasteiger charge is 2.18. The fourth-order valence-corrected chi connectivity index (χ4v) is 4.72. The highest BCUT2D eigenvalue weighted by Crippen LogP contribution is 2.34. The van der Waals surface area contributed by atoms with Gasteiger partial charge in [-0.25, -0.2) is 4.39 Å². The van der Waals surface area contributed by atoms with E-state index in [1.54, 1.807) is 12.4 Å². The Morgan fingerprint density at radius 3 is 2.74 bits per heavy atom. The molecule has 0 aliphatic heterocycles. The standard InChI is InChI=1S/C29H38FN5/c1-5-25-28(30)15-24(16-29(25)33-6-2)34-18-22(17-32)19-35(14-12-31)13-11-23-8-10-26-20(3)7-9-27(26)21(23)4/h6,8,10,15-18,33H,2-3,5,7,9,11-14,19,31-32H2,1,4H3. The molecule has 0 heterocycles. The molecule has 0 radical (unpaired) electrons. The van der Waals surface area contributed by atoms with Crippen molar-refractivity contribution in [3.8, 4) is 0 Å². The van der Waals surface area contributed by atoms with Crippen molar-refractivity contribution in [3.63, 3.8) is 0 Å². The summed E-state index contributed by atoms with van der Waals surface area (Å²) in [6.07, 6.45) is 8.44. The van der Waals surface area contributed by atoms with Gasteiger partial charge in [-0.3, -0.25) is 9.89 Å². The van der Waals surface area contributed by atoms with Crippen LogP contribution in [0.4, 0.5) is 15.8 Å². The quantitative estimate of drug-likeness (QED) is 0.366. The van der Waals surface area contributed by atoms with Crippen LogP contribution in [0.25, 0.3) is 5.57 Å². The maximum Gasteiger partial charge on any atom is 0.130 e. The van der Waals surface area contributed by atoms with E-state index in [0.29, 0.717) is 36.4 Å². The molecule has 0 saturated carbocycles. The van der Waals surface area contributed by atoms with Gasteiger partial charge in [0.2, 0.25) is 0 Å². The largest absolute Gasteiger partial charge is 0.404 e. The van der Waals surface area contributed by atoms with Crippen LogP contribution in [0.15, 0.2) is 60.4 Å². The molecular formula is C29H38FN5. The molecule has 186 valence electrons. The Morgan fingerprint density at radius 2 is 2.06 bits per heavy atom. The molecule has 2 aromatic carbocycles. The maximum absolute atomic E-state index is 14.5. The van der Waals surface area contributed by atoms with Crippen LogP contribution in [0.5, 0.6) is 0 Å². The summed E-state index contributed by atoms with van der Waals surface area (Å²) in [5, 5.41) is 3.00. The third-order valence-electron chi connectivity index (χ3n) is 6.70. The van der Waals surface area contributed by atoms with Crippen molar-refractivity contribution in [1.29, 1.82) is 0 Å². The number of nitrogens with one attached hydrogen (secondary N) is 1. The lowest BCUT2D eigenvalue weighted by atomic mass is 9.96. The second kappa shape index (κ2) is 12.5. The van der Waals surface area contributed by atoms with Gasteiger partial charge >= 0.3 is 0 Å². The first-order chi connectivity index (χ1) is 16.9. The van der Waals surface area contributed by atoms with Crippen LogP contribution in [-0.4, -0.2) is 37.3 Å². The van der Waals surface area contributed by atoms with E-state index < -0.39 is 0 Å². The number of nitrogens with zero attached hydrogens (tertiary/aromatic N) is 2. The fraction of sp³-hybridized carbons (Fsp3) is 0.345. The molecule has 0 bridgehead atoms. The van der Waals surface area contributed by atoms with E-state index in [0.717, 1.165) is 37.9 Å². The molecule has 1 aliphatic carbocycles. The van der Waals surface area contributed by atoms with Crippen molar-refractivity contribution >= 4 is 23.2 Å². The summed E-state index contributed by atoms with van der Waals surface area (Å²) in [6, 6.07) is 7.71. The van der Waals surface area contributed by atoms with Crippen molar-refractivity contribution in [2.24, 2.45) is 16.5 Å².